The van der Waals surface area contributed by atoms with Crippen molar-refractivity contribution in [3.05, 3.63) is 58.9 Å². The van der Waals surface area contributed by atoms with Crippen molar-refractivity contribution in [3.8, 4) is 5.75 Å². The summed E-state index contributed by atoms with van der Waals surface area (Å²) >= 11 is 0.802. The van der Waals surface area contributed by atoms with Crippen LogP contribution in [0.3, 0.4) is 0 Å². The van der Waals surface area contributed by atoms with E-state index >= 15 is 0 Å². The highest BCUT2D eigenvalue weighted by Crippen LogP contribution is 2.32. The number of benzene rings is 1. The number of rotatable bonds is 7. The van der Waals surface area contributed by atoms with Crippen LogP contribution in [-0.4, -0.2) is 57.2 Å². The number of hydrogen-bond donors (Lipinski definition) is 2. The second kappa shape index (κ2) is 8.97. The Morgan fingerprint density at radius 2 is 2.00 bits per heavy atom. The monoisotopic (exact) mass is 416 g/mol. The highest BCUT2D eigenvalue weighted by molar-refractivity contribution is 8.18. The van der Waals surface area contributed by atoms with E-state index in [1.807, 2.05) is 0 Å². The molecule has 0 unspecified atom stereocenters. The van der Waals surface area contributed by atoms with Gasteiger partial charge in [-0.2, -0.15) is 0 Å². The van der Waals surface area contributed by atoms with Crippen molar-refractivity contribution < 1.29 is 29.0 Å². The van der Waals surface area contributed by atoms with E-state index < -0.39 is 17.3 Å². The summed E-state index contributed by atoms with van der Waals surface area (Å²) in [5.74, 6) is -0.217. The molecule has 1 aromatic heterocycles. The molecule has 1 atom stereocenters. The van der Waals surface area contributed by atoms with E-state index in [2.05, 4.69) is 0 Å². The van der Waals surface area contributed by atoms with Gasteiger partial charge >= 0.3 is 0 Å². The predicted octanol–water partition coefficient (Wildman–Crippen LogP) is 2.60. The number of amides is 3. The molecule has 1 saturated heterocycles. The molecular weight excluding hydrogens is 396 g/mol. The number of thioether (sulfide) groups is 1. The van der Waals surface area contributed by atoms with E-state index in [1.165, 1.54) is 36.4 Å². The number of carbonyl (C=O) groups is 3. The van der Waals surface area contributed by atoms with Crippen LogP contribution in [0.5, 0.6) is 5.75 Å². The largest absolute Gasteiger partial charge is 0.508 e. The molecule has 3 rings (SSSR count). The maximum Gasteiger partial charge on any atom is 0.293 e. The molecule has 0 radical (unpaired) electrons. The molecule has 0 aliphatic carbocycles. The van der Waals surface area contributed by atoms with Crippen molar-refractivity contribution in [2.45, 2.75) is 12.5 Å². The summed E-state index contributed by atoms with van der Waals surface area (Å²) in [6, 6.07) is 9.41. The Morgan fingerprint density at radius 1 is 1.28 bits per heavy atom. The van der Waals surface area contributed by atoms with Crippen molar-refractivity contribution in [1.82, 2.24) is 9.80 Å². The molecule has 2 N–H and O–H groups in total. The molecule has 2 aromatic rings. The SMILES string of the molecule is CN(C[C@H](O)c1ccc(O)cc1)C(=O)CCN1C(=O)S/C(=C/c2ccco2)C1=O. The molecule has 8 nitrogen and oxygen atoms in total. The molecular formula is C20H20N2O6S. The number of aromatic hydroxyl groups is 1. The summed E-state index contributed by atoms with van der Waals surface area (Å²) in [6.07, 6.45) is 1.99. The van der Waals surface area contributed by atoms with Crippen molar-refractivity contribution >= 4 is 34.9 Å². The Kier molecular flexibility index (Phi) is 6.40. The number of likely N-dealkylation sites (N-methyl/N-ethyl adjacent to an activating group) is 1. The van der Waals surface area contributed by atoms with Crippen LogP contribution in [0.1, 0.15) is 23.8 Å². The van der Waals surface area contributed by atoms with Gasteiger partial charge in [-0.1, -0.05) is 12.1 Å². The first-order valence-corrected chi connectivity index (χ1v) is 9.66. The minimum absolute atomic E-state index is 0.0430. The summed E-state index contributed by atoms with van der Waals surface area (Å²) in [5, 5.41) is 19.1. The zero-order chi connectivity index (χ0) is 21.0. The number of nitrogens with zero attached hydrogens (tertiary/aromatic N) is 2. The van der Waals surface area contributed by atoms with Gasteiger partial charge < -0.3 is 19.5 Å². The topological polar surface area (TPSA) is 111 Å². The van der Waals surface area contributed by atoms with E-state index in [9.17, 15) is 24.6 Å². The molecule has 1 aliphatic rings. The van der Waals surface area contributed by atoms with E-state index in [-0.39, 0.29) is 36.1 Å². The lowest BCUT2D eigenvalue weighted by atomic mass is 10.1. The molecule has 1 aliphatic heterocycles. The van der Waals surface area contributed by atoms with Crippen molar-refractivity contribution in [2.24, 2.45) is 0 Å². The van der Waals surface area contributed by atoms with Gasteiger partial charge in [0.2, 0.25) is 5.91 Å². The zero-order valence-corrected chi connectivity index (χ0v) is 16.5. The summed E-state index contributed by atoms with van der Waals surface area (Å²) < 4.78 is 5.15. The lowest BCUT2D eigenvalue weighted by Gasteiger charge is -2.22. The molecule has 1 fully saturated rings. The number of aliphatic hydroxyl groups excluding tert-OH is 1. The number of carbonyl (C=O) groups excluding carboxylic acids is 3. The first-order valence-electron chi connectivity index (χ1n) is 8.85. The van der Waals surface area contributed by atoms with Gasteiger partial charge in [-0.15, -0.1) is 0 Å². The Bertz CT molecular complexity index is 923. The van der Waals surface area contributed by atoms with E-state index in [0.717, 1.165) is 16.7 Å². The van der Waals surface area contributed by atoms with E-state index in [1.54, 1.807) is 24.3 Å². The lowest BCUT2D eigenvalue weighted by Crippen LogP contribution is -2.36. The van der Waals surface area contributed by atoms with E-state index in [4.69, 9.17) is 4.42 Å². The van der Waals surface area contributed by atoms with E-state index in [0.29, 0.717) is 11.3 Å². The number of aliphatic hydroxyl groups is 1. The highest BCUT2D eigenvalue weighted by Gasteiger charge is 2.35. The first-order chi connectivity index (χ1) is 13.8. The Morgan fingerprint density at radius 3 is 2.66 bits per heavy atom. The average Bonchev–Trinajstić information content (AvgIpc) is 3.29. The molecule has 0 saturated carbocycles. The highest BCUT2D eigenvalue weighted by atomic mass is 32.2. The zero-order valence-electron chi connectivity index (χ0n) is 15.6. The van der Waals surface area contributed by atoms with Gasteiger partial charge in [-0.05, 0) is 41.6 Å². The van der Waals surface area contributed by atoms with Crippen LogP contribution >= 0.6 is 11.8 Å². The molecule has 3 amide bonds. The molecule has 1 aromatic carbocycles. The molecule has 2 heterocycles. The third-order valence-corrected chi connectivity index (χ3v) is 5.30. The maximum atomic E-state index is 12.4. The van der Waals surface area contributed by atoms with Crippen LogP contribution in [0.2, 0.25) is 0 Å². The van der Waals surface area contributed by atoms with Gasteiger partial charge in [-0.25, -0.2) is 0 Å². The number of furan rings is 1. The number of imide groups is 1. The van der Waals surface area contributed by atoms with Crippen molar-refractivity contribution in [1.29, 1.82) is 0 Å². The van der Waals surface area contributed by atoms with Crippen LogP contribution in [0, 0.1) is 0 Å². The molecule has 0 spiro atoms. The van der Waals surface area contributed by atoms with Gasteiger partial charge in [0.05, 0.1) is 23.8 Å². The summed E-state index contributed by atoms with van der Waals surface area (Å²) in [4.78, 5) is 39.5. The molecule has 9 heteroatoms. The third kappa shape index (κ3) is 5.07. The van der Waals surface area contributed by atoms with Gasteiger partial charge in [0, 0.05) is 26.1 Å². The Balaban J connectivity index is 1.53. The quantitative estimate of drug-likeness (QED) is 0.668. The van der Waals surface area contributed by atoms with Crippen LogP contribution < -0.4 is 0 Å². The van der Waals surface area contributed by atoms with Crippen LogP contribution in [0.15, 0.2) is 52.0 Å². The minimum Gasteiger partial charge on any atom is -0.508 e. The summed E-state index contributed by atoms with van der Waals surface area (Å²) in [7, 11) is 1.54. The number of phenolic OH excluding ortho intramolecular Hbond substituents is 1. The fraction of sp³-hybridized carbons (Fsp3) is 0.250. The molecule has 152 valence electrons. The standard InChI is InChI=1S/C20H20N2O6S/c1-21(12-16(24)13-4-6-14(23)7-5-13)18(25)8-9-22-19(26)17(29-20(22)27)11-15-3-2-10-28-15/h2-7,10-11,16,23-24H,8-9,12H2,1H3/b17-11+/t16-/m0/s1. The normalized spacial score (nSPS) is 16.5. The first kappa shape index (κ1) is 20.7. The van der Waals surface area contributed by atoms with Crippen LogP contribution in [0.25, 0.3) is 6.08 Å². The lowest BCUT2D eigenvalue weighted by molar-refractivity contribution is -0.131. The summed E-state index contributed by atoms with van der Waals surface area (Å²) in [6.45, 7) is 0.00252. The second-order valence-corrected chi connectivity index (χ2v) is 7.47. The van der Waals surface area contributed by atoms with Gasteiger partial charge in [0.1, 0.15) is 11.5 Å². The Hall–Kier alpha value is -3.04. The summed E-state index contributed by atoms with van der Waals surface area (Å²) in [5.41, 5.74) is 0.566. The fourth-order valence-electron chi connectivity index (χ4n) is 2.76. The fourth-order valence-corrected chi connectivity index (χ4v) is 3.60. The van der Waals surface area contributed by atoms with Crippen molar-refractivity contribution in [3.63, 3.8) is 0 Å². The van der Waals surface area contributed by atoms with Crippen molar-refractivity contribution in [2.75, 3.05) is 20.1 Å². The van der Waals surface area contributed by atoms with Gasteiger partial charge in [0.15, 0.2) is 0 Å². The smallest absolute Gasteiger partial charge is 0.293 e. The van der Waals surface area contributed by atoms with Crippen LogP contribution in [0.4, 0.5) is 4.79 Å². The predicted molar refractivity (Wildman–Crippen MR) is 107 cm³/mol. The van der Waals surface area contributed by atoms with Gasteiger partial charge in [-0.3, -0.25) is 19.3 Å². The number of phenols is 1. The van der Waals surface area contributed by atoms with Gasteiger partial charge in [0.25, 0.3) is 11.1 Å². The number of hydrogen-bond acceptors (Lipinski definition) is 7. The van der Waals surface area contributed by atoms with Crippen LogP contribution in [-0.2, 0) is 9.59 Å². The molecule has 0 bridgehead atoms. The minimum atomic E-state index is -0.919. The second-order valence-electron chi connectivity index (χ2n) is 6.48. The average molecular weight is 416 g/mol. The maximum absolute atomic E-state index is 12.4. The Labute approximate surface area is 171 Å². The third-order valence-electron chi connectivity index (χ3n) is 4.39. The molecule has 29 heavy (non-hydrogen) atoms.